The van der Waals surface area contributed by atoms with Crippen LogP contribution in [0.4, 0.5) is 0 Å². The summed E-state index contributed by atoms with van der Waals surface area (Å²) in [6, 6.07) is 0. The predicted molar refractivity (Wildman–Crippen MR) is 20.0 cm³/mol. The molecule has 0 heterocycles. The molecule has 0 aliphatic heterocycles. The average Bonchev–Trinajstić information content (AvgIpc) is 1.00. The van der Waals surface area contributed by atoms with Crippen LogP contribution in [0.5, 0.6) is 0 Å². The standard InChI is InChI=1S/BHN.BH3.Na/c1-2;;/h2H;1H3;/q-1;;+1. The second-order valence-electron chi connectivity index (χ2n) is 0. The fourth-order valence-electron chi connectivity index (χ4n) is 0. The summed E-state index contributed by atoms with van der Waals surface area (Å²) in [5.74, 6) is 0. The van der Waals surface area contributed by atoms with E-state index in [1.165, 1.54) is 0 Å². The van der Waals surface area contributed by atoms with Gasteiger partial charge in [-0.05, 0) is 0 Å². The molecule has 1 N–H and O–H groups in total. The Bertz CT molecular complexity index is 6.00. The maximum Gasteiger partial charge on any atom is 1.00 e. The van der Waals surface area contributed by atoms with Crippen molar-refractivity contribution in [2.75, 3.05) is 0 Å². The first-order valence-electron chi connectivity index (χ1n) is 0.289. The third-order valence-electron chi connectivity index (χ3n) is 0. The van der Waals surface area contributed by atoms with Crippen molar-refractivity contribution >= 4 is 16.4 Å². The molecule has 0 saturated heterocycles. The third kappa shape index (κ3) is 11.4. The SMILES string of the molecule is B.[B][NH-].[Na+]. The molecule has 0 aromatic rings. The molecule has 0 aliphatic carbocycles. The summed E-state index contributed by atoms with van der Waals surface area (Å²) in [6.45, 7) is 0. The maximum absolute atomic E-state index is 5.25. The quantitative estimate of drug-likeness (QED) is 0.255. The van der Waals surface area contributed by atoms with E-state index in [1.54, 1.807) is 0 Å². The smallest absolute Gasteiger partial charge is 0.716 e. The Morgan fingerprint density at radius 3 is 1.25 bits per heavy atom. The van der Waals surface area contributed by atoms with Crippen LogP contribution >= 0.6 is 0 Å². The second-order valence-corrected chi connectivity index (χ2v) is 0. The molecule has 0 atom stereocenters. The van der Waals surface area contributed by atoms with E-state index in [9.17, 15) is 0 Å². The van der Waals surface area contributed by atoms with E-state index in [0.29, 0.717) is 0 Å². The van der Waals surface area contributed by atoms with Gasteiger partial charge in [0.05, 0.1) is 8.41 Å². The van der Waals surface area contributed by atoms with Crippen LogP contribution in [0.3, 0.4) is 0 Å². The fourth-order valence-corrected chi connectivity index (χ4v) is 0. The van der Waals surface area contributed by atoms with Crippen LogP contribution in [0.15, 0.2) is 0 Å². The number of hydrogen-bond acceptors (Lipinski definition) is 0. The molecule has 16 valence electrons. The molecule has 0 aliphatic rings. The summed E-state index contributed by atoms with van der Waals surface area (Å²) in [5, 5.41) is 0. The van der Waals surface area contributed by atoms with E-state index in [-0.39, 0.29) is 38.0 Å². The van der Waals surface area contributed by atoms with Crippen molar-refractivity contribution in [3.8, 4) is 0 Å². The van der Waals surface area contributed by atoms with Gasteiger partial charge in [0, 0.05) is 0 Å². The molecular formula is H4B2NNa. The van der Waals surface area contributed by atoms with Gasteiger partial charge in [0.25, 0.3) is 0 Å². The van der Waals surface area contributed by atoms with Gasteiger partial charge in [0.2, 0.25) is 0 Å². The van der Waals surface area contributed by atoms with Gasteiger partial charge >= 0.3 is 29.6 Å². The minimum absolute atomic E-state index is 0. The van der Waals surface area contributed by atoms with Gasteiger partial charge < -0.3 is 5.64 Å². The van der Waals surface area contributed by atoms with Gasteiger partial charge in [-0.15, -0.1) is 7.98 Å². The Balaban J connectivity index is -0.00000000500. The number of nitrogens with one attached hydrogen (secondary N) is 1. The summed E-state index contributed by atoms with van der Waals surface area (Å²) in [7, 11) is 3.75. The summed E-state index contributed by atoms with van der Waals surface area (Å²) >= 11 is 0. The molecule has 0 unspecified atom stereocenters. The minimum atomic E-state index is 0. The van der Waals surface area contributed by atoms with E-state index < -0.39 is 0 Å². The van der Waals surface area contributed by atoms with Crippen molar-refractivity contribution in [3.63, 3.8) is 0 Å². The van der Waals surface area contributed by atoms with Gasteiger partial charge in [0.15, 0.2) is 0 Å². The third-order valence-corrected chi connectivity index (χ3v) is 0. The van der Waals surface area contributed by atoms with Gasteiger partial charge in [-0.3, -0.25) is 0 Å². The molecule has 0 aromatic carbocycles. The zero-order valence-electron chi connectivity index (χ0n) is 2.08. The van der Waals surface area contributed by atoms with Gasteiger partial charge in [0.1, 0.15) is 0 Å². The molecule has 0 fully saturated rings. The topological polar surface area (TPSA) is 23.8 Å². The molecule has 2 radical (unpaired) electrons. The van der Waals surface area contributed by atoms with Crippen LogP contribution in [0, 0.1) is 0 Å². The van der Waals surface area contributed by atoms with E-state index in [2.05, 4.69) is 7.98 Å². The first-order valence-corrected chi connectivity index (χ1v) is 0.289. The summed E-state index contributed by atoms with van der Waals surface area (Å²) in [6.07, 6.45) is 0. The first-order chi connectivity index (χ1) is 1.00. The Hall–Kier alpha value is 1.09. The number of rotatable bonds is 0. The first kappa shape index (κ1) is 19.5. The van der Waals surface area contributed by atoms with Crippen LogP contribution in [0.1, 0.15) is 0 Å². The van der Waals surface area contributed by atoms with Crippen molar-refractivity contribution in [1.29, 1.82) is 0 Å². The molecule has 0 bridgehead atoms. The zero-order valence-corrected chi connectivity index (χ0v) is 4.08. The van der Waals surface area contributed by atoms with Gasteiger partial charge in [-0.2, -0.15) is 0 Å². The molecule has 0 aromatic heterocycles. The molecule has 4 heteroatoms. The van der Waals surface area contributed by atoms with Crippen molar-refractivity contribution in [2.45, 2.75) is 0 Å². The van der Waals surface area contributed by atoms with Crippen molar-refractivity contribution in [3.05, 3.63) is 5.64 Å². The Labute approximate surface area is 51.6 Å². The monoisotopic (exact) mass is 63.0 g/mol. The number of hydrogen-bond donors (Lipinski definition) is 0. The summed E-state index contributed by atoms with van der Waals surface area (Å²) in [5.41, 5.74) is 5.25. The molecule has 4 heavy (non-hydrogen) atoms. The molecule has 0 saturated carbocycles. The van der Waals surface area contributed by atoms with Crippen LogP contribution in [-0.4, -0.2) is 16.4 Å². The second kappa shape index (κ2) is 32.9. The van der Waals surface area contributed by atoms with Crippen molar-refractivity contribution in [2.24, 2.45) is 0 Å². The normalized spacial score (nSPS) is 1.25. The Morgan fingerprint density at radius 1 is 1.25 bits per heavy atom. The zero-order chi connectivity index (χ0) is 2.00. The van der Waals surface area contributed by atoms with Crippen molar-refractivity contribution in [1.82, 2.24) is 0 Å². The maximum atomic E-state index is 5.25. The molecule has 0 amide bonds. The van der Waals surface area contributed by atoms with Crippen LogP contribution in [-0.2, 0) is 0 Å². The average molecular weight is 62.7 g/mol. The van der Waals surface area contributed by atoms with Gasteiger partial charge in [-0.1, -0.05) is 0 Å². The van der Waals surface area contributed by atoms with Crippen molar-refractivity contribution < 1.29 is 29.6 Å². The van der Waals surface area contributed by atoms with Crippen LogP contribution in [0.2, 0.25) is 0 Å². The molecular weight excluding hydrogens is 58.6 g/mol. The van der Waals surface area contributed by atoms with E-state index in [4.69, 9.17) is 5.64 Å². The Kier molecular flexibility index (Phi) is 160. The summed E-state index contributed by atoms with van der Waals surface area (Å²) in [4.78, 5) is 0. The molecule has 1 nitrogen and oxygen atoms in total. The molecule has 0 rings (SSSR count). The van der Waals surface area contributed by atoms with E-state index in [0.717, 1.165) is 0 Å². The predicted octanol–water partition coefficient (Wildman–Crippen LogP) is -4.06. The van der Waals surface area contributed by atoms with Crippen LogP contribution < -0.4 is 29.6 Å². The van der Waals surface area contributed by atoms with Crippen LogP contribution in [0.25, 0.3) is 5.64 Å². The fraction of sp³-hybridized carbons (Fsp3) is 0. The minimum Gasteiger partial charge on any atom is -0.716 e. The summed E-state index contributed by atoms with van der Waals surface area (Å²) < 4.78 is 0. The van der Waals surface area contributed by atoms with E-state index in [1.807, 2.05) is 0 Å². The largest absolute Gasteiger partial charge is 1.00 e. The Morgan fingerprint density at radius 2 is 1.25 bits per heavy atom. The van der Waals surface area contributed by atoms with Gasteiger partial charge in [-0.25, -0.2) is 0 Å². The molecule has 0 spiro atoms. The van der Waals surface area contributed by atoms with E-state index >= 15 is 0 Å².